The smallest absolute Gasteiger partial charge is 0.221 e. The second-order valence-corrected chi connectivity index (χ2v) is 6.63. The van der Waals surface area contributed by atoms with Gasteiger partial charge in [-0.05, 0) is 31.9 Å². The second-order valence-electron chi connectivity index (χ2n) is 5.46. The van der Waals surface area contributed by atoms with E-state index in [0.29, 0.717) is 6.42 Å². The fraction of sp³-hybridized carbons (Fsp3) is 0.562. The van der Waals surface area contributed by atoms with Crippen molar-refractivity contribution in [1.29, 1.82) is 0 Å². The third-order valence-corrected chi connectivity index (χ3v) is 4.87. The van der Waals surface area contributed by atoms with Crippen LogP contribution in [0.1, 0.15) is 31.2 Å². The van der Waals surface area contributed by atoms with Crippen LogP contribution in [0.3, 0.4) is 0 Å². The Morgan fingerprint density at radius 1 is 1.35 bits per heavy atom. The summed E-state index contributed by atoms with van der Waals surface area (Å²) in [5.41, 5.74) is 1.25. The summed E-state index contributed by atoms with van der Waals surface area (Å²) in [6.07, 6.45) is 3.67. The Balaban J connectivity index is 1.68. The molecule has 2 N–H and O–H groups in total. The first-order chi connectivity index (χ1) is 9.69. The highest BCUT2D eigenvalue weighted by molar-refractivity contribution is 7.99. The average Bonchev–Trinajstić information content (AvgIpc) is 2.88. The van der Waals surface area contributed by atoms with E-state index >= 15 is 0 Å². The lowest BCUT2D eigenvalue weighted by atomic mass is 10.1. The maximum Gasteiger partial charge on any atom is 0.221 e. The molecule has 1 aromatic rings. The number of carbonyl (C=O) groups excluding carboxylic acids is 1. The number of aryl methyl sites for hydroxylation is 1. The van der Waals surface area contributed by atoms with E-state index < -0.39 is 0 Å². The van der Waals surface area contributed by atoms with E-state index in [1.165, 1.54) is 10.5 Å². The predicted octanol–water partition coefficient (Wildman–Crippen LogP) is 2.75. The monoisotopic (exact) mass is 293 g/mol. The number of aliphatic hydroxyl groups excluding tert-OH is 1. The standard InChI is InChI=1S/C16H23NO2S/c1-12-5-7-14(8-6-12)20-10-9-16(19)17-15-4-2-3-13(15)11-18/h5-8,13,15,18H,2-4,9-11H2,1H3,(H,17,19). The Hall–Kier alpha value is -1.00. The van der Waals surface area contributed by atoms with Crippen molar-refractivity contribution in [2.24, 2.45) is 5.92 Å². The number of hydrogen-bond donors (Lipinski definition) is 2. The summed E-state index contributed by atoms with van der Waals surface area (Å²) in [7, 11) is 0. The molecule has 110 valence electrons. The lowest BCUT2D eigenvalue weighted by Crippen LogP contribution is -2.38. The van der Waals surface area contributed by atoms with Crippen LogP contribution in [0.2, 0.25) is 0 Å². The van der Waals surface area contributed by atoms with Gasteiger partial charge in [0.25, 0.3) is 0 Å². The molecule has 0 saturated heterocycles. The molecular weight excluding hydrogens is 270 g/mol. The number of aliphatic hydroxyl groups is 1. The summed E-state index contributed by atoms with van der Waals surface area (Å²) >= 11 is 1.71. The third kappa shape index (κ3) is 4.53. The third-order valence-electron chi connectivity index (χ3n) is 3.86. The minimum atomic E-state index is 0.106. The zero-order valence-corrected chi connectivity index (χ0v) is 12.8. The molecule has 0 spiro atoms. The predicted molar refractivity (Wildman–Crippen MR) is 82.9 cm³/mol. The highest BCUT2D eigenvalue weighted by Gasteiger charge is 2.27. The summed E-state index contributed by atoms with van der Waals surface area (Å²) < 4.78 is 0. The molecule has 0 aromatic heterocycles. The molecule has 3 nitrogen and oxygen atoms in total. The lowest BCUT2D eigenvalue weighted by molar-refractivity contribution is -0.121. The van der Waals surface area contributed by atoms with Crippen molar-refractivity contribution in [3.05, 3.63) is 29.8 Å². The topological polar surface area (TPSA) is 49.3 Å². The quantitative estimate of drug-likeness (QED) is 0.793. The Morgan fingerprint density at radius 3 is 2.80 bits per heavy atom. The Morgan fingerprint density at radius 2 is 2.10 bits per heavy atom. The van der Waals surface area contributed by atoms with Crippen molar-refractivity contribution < 1.29 is 9.90 Å². The van der Waals surface area contributed by atoms with E-state index in [4.69, 9.17) is 0 Å². The molecule has 1 aliphatic rings. The van der Waals surface area contributed by atoms with Crippen LogP contribution < -0.4 is 5.32 Å². The van der Waals surface area contributed by atoms with Crippen LogP contribution in [0.5, 0.6) is 0 Å². The molecule has 1 fully saturated rings. The fourth-order valence-corrected chi connectivity index (χ4v) is 3.47. The molecule has 2 rings (SSSR count). The number of rotatable bonds is 6. The molecule has 2 atom stereocenters. The van der Waals surface area contributed by atoms with Gasteiger partial charge in [-0.1, -0.05) is 24.1 Å². The zero-order valence-electron chi connectivity index (χ0n) is 12.0. The molecule has 1 saturated carbocycles. The number of thioether (sulfide) groups is 1. The summed E-state index contributed by atoms with van der Waals surface area (Å²) in [5, 5.41) is 12.3. The van der Waals surface area contributed by atoms with E-state index in [9.17, 15) is 9.90 Å². The summed E-state index contributed by atoms with van der Waals surface area (Å²) in [4.78, 5) is 13.1. The number of hydrogen-bond acceptors (Lipinski definition) is 3. The van der Waals surface area contributed by atoms with Crippen LogP contribution in [0, 0.1) is 12.8 Å². The molecule has 1 aromatic carbocycles. The molecule has 20 heavy (non-hydrogen) atoms. The Labute approximate surface area is 125 Å². The largest absolute Gasteiger partial charge is 0.396 e. The molecule has 1 amide bonds. The maximum absolute atomic E-state index is 11.9. The van der Waals surface area contributed by atoms with Crippen LogP contribution in [-0.2, 0) is 4.79 Å². The molecule has 0 radical (unpaired) electrons. The van der Waals surface area contributed by atoms with Crippen molar-refractivity contribution in [2.45, 2.75) is 43.5 Å². The van der Waals surface area contributed by atoms with Gasteiger partial charge >= 0.3 is 0 Å². The molecule has 1 aliphatic carbocycles. The summed E-state index contributed by atoms with van der Waals surface area (Å²) in [5.74, 6) is 1.16. The van der Waals surface area contributed by atoms with Gasteiger partial charge < -0.3 is 10.4 Å². The van der Waals surface area contributed by atoms with Crippen LogP contribution in [-0.4, -0.2) is 29.4 Å². The highest BCUT2D eigenvalue weighted by Crippen LogP contribution is 2.25. The lowest BCUT2D eigenvalue weighted by Gasteiger charge is -2.18. The van der Waals surface area contributed by atoms with Gasteiger partial charge in [0, 0.05) is 35.6 Å². The first-order valence-corrected chi connectivity index (χ1v) is 8.27. The van der Waals surface area contributed by atoms with Gasteiger partial charge in [-0.2, -0.15) is 0 Å². The highest BCUT2D eigenvalue weighted by atomic mass is 32.2. The molecule has 0 aliphatic heterocycles. The first kappa shape index (κ1) is 15.4. The molecule has 2 unspecified atom stereocenters. The number of nitrogens with one attached hydrogen (secondary N) is 1. The van der Waals surface area contributed by atoms with Gasteiger partial charge in [0.05, 0.1) is 0 Å². The first-order valence-electron chi connectivity index (χ1n) is 7.28. The molecule has 0 bridgehead atoms. The van der Waals surface area contributed by atoms with Crippen molar-refractivity contribution in [1.82, 2.24) is 5.32 Å². The second kappa shape index (κ2) is 7.70. The zero-order chi connectivity index (χ0) is 14.4. The van der Waals surface area contributed by atoms with Crippen LogP contribution in [0.25, 0.3) is 0 Å². The normalized spacial score (nSPS) is 21.9. The van der Waals surface area contributed by atoms with Gasteiger partial charge in [0.1, 0.15) is 0 Å². The average molecular weight is 293 g/mol. The number of amides is 1. The molecule has 4 heteroatoms. The summed E-state index contributed by atoms with van der Waals surface area (Å²) in [6.45, 7) is 2.25. The van der Waals surface area contributed by atoms with E-state index in [1.807, 2.05) is 0 Å². The van der Waals surface area contributed by atoms with Crippen LogP contribution >= 0.6 is 11.8 Å². The van der Waals surface area contributed by atoms with Gasteiger partial charge in [0.15, 0.2) is 0 Å². The Kier molecular flexibility index (Phi) is 5.92. The van der Waals surface area contributed by atoms with Crippen molar-refractivity contribution >= 4 is 17.7 Å². The van der Waals surface area contributed by atoms with Crippen molar-refractivity contribution in [3.63, 3.8) is 0 Å². The van der Waals surface area contributed by atoms with Gasteiger partial charge in [-0.15, -0.1) is 11.8 Å². The van der Waals surface area contributed by atoms with Crippen LogP contribution in [0.15, 0.2) is 29.2 Å². The van der Waals surface area contributed by atoms with E-state index in [-0.39, 0.29) is 24.5 Å². The van der Waals surface area contributed by atoms with Gasteiger partial charge in [0.2, 0.25) is 5.91 Å². The number of carbonyl (C=O) groups is 1. The van der Waals surface area contributed by atoms with E-state index in [0.717, 1.165) is 25.0 Å². The summed E-state index contributed by atoms with van der Waals surface area (Å²) in [6, 6.07) is 8.55. The number of benzene rings is 1. The molecule has 0 heterocycles. The van der Waals surface area contributed by atoms with Gasteiger partial charge in [-0.25, -0.2) is 0 Å². The minimum absolute atomic E-state index is 0.106. The maximum atomic E-state index is 11.9. The van der Waals surface area contributed by atoms with Crippen molar-refractivity contribution in [2.75, 3.05) is 12.4 Å². The van der Waals surface area contributed by atoms with E-state index in [2.05, 4.69) is 36.5 Å². The SMILES string of the molecule is Cc1ccc(SCCC(=O)NC2CCCC2CO)cc1. The minimum Gasteiger partial charge on any atom is -0.396 e. The van der Waals surface area contributed by atoms with Gasteiger partial charge in [-0.3, -0.25) is 4.79 Å². The van der Waals surface area contributed by atoms with Crippen molar-refractivity contribution in [3.8, 4) is 0 Å². The van der Waals surface area contributed by atoms with Crippen LogP contribution in [0.4, 0.5) is 0 Å². The molecular formula is C16H23NO2S. The fourth-order valence-electron chi connectivity index (χ4n) is 2.62. The Bertz CT molecular complexity index is 433. The van der Waals surface area contributed by atoms with E-state index in [1.54, 1.807) is 11.8 Å².